The molecule has 1 amide bonds. The quantitative estimate of drug-likeness (QED) is 0.738. The van der Waals surface area contributed by atoms with E-state index >= 15 is 0 Å². The lowest BCUT2D eigenvalue weighted by Crippen LogP contribution is -2.35. The van der Waals surface area contributed by atoms with E-state index in [0.717, 1.165) is 36.3 Å². The van der Waals surface area contributed by atoms with Crippen LogP contribution in [0, 0.1) is 0 Å². The SMILES string of the molecule is CCOC(=O)N1CCCc2cc(N)ccc21. The molecule has 1 aliphatic rings. The van der Waals surface area contributed by atoms with E-state index in [-0.39, 0.29) is 6.09 Å². The van der Waals surface area contributed by atoms with E-state index in [1.807, 2.05) is 25.1 Å². The van der Waals surface area contributed by atoms with Crippen LogP contribution in [-0.4, -0.2) is 19.2 Å². The first kappa shape index (κ1) is 10.8. The lowest BCUT2D eigenvalue weighted by atomic mass is 10.0. The topological polar surface area (TPSA) is 55.6 Å². The minimum atomic E-state index is -0.270. The molecule has 4 nitrogen and oxygen atoms in total. The molecule has 0 saturated heterocycles. The van der Waals surface area contributed by atoms with E-state index in [4.69, 9.17) is 10.5 Å². The molecule has 86 valence electrons. The van der Waals surface area contributed by atoms with Gasteiger partial charge in [-0.3, -0.25) is 4.90 Å². The highest BCUT2D eigenvalue weighted by atomic mass is 16.6. The Labute approximate surface area is 95.0 Å². The van der Waals surface area contributed by atoms with Crippen molar-refractivity contribution in [3.63, 3.8) is 0 Å². The van der Waals surface area contributed by atoms with Crippen LogP contribution in [0.1, 0.15) is 18.9 Å². The van der Waals surface area contributed by atoms with E-state index in [1.165, 1.54) is 0 Å². The van der Waals surface area contributed by atoms with Gasteiger partial charge in [-0.1, -0.05) is 0 Å². The van der Waals surface area contributed by atoms with E-state index in [1.54, 1.807) is 4.90 Å². The zero-order chi connectivity index (χ0) is 11.5. The number of nitrogen functional groups attached to an aromatic ring is 1. The van der Waals surface area contributed by atoms with Crippen molar-refractivity contribution < 1.29 is 9.53 Å². The van der Waals surface area contributed by atoms with Gasteiger partial charge in [-0.05, 0) is 43.5 Å². The van der Waals surface area contributed by atoms with Gasteiger partial charge in [-0.25, -0.2) is 4.79 Å². The van der Waals surface area contributed by atoms with Crippen LogP contribution in [0.25, 0.3) is 0 Å². The zero-order valence-electron chi connectivity index (χ0n) is 9.40. The van der Waals surface area contributed by atoms with Crippen LogP contribution < -0.4 is 10.6 Å². The smallest absolute Gasteiger partial charge is 0.414 e. The van der Waals surface area contributed by atoms with E-state index in [2.05, 4.69) is 0 Å². The second kappa shape index (κ2) is 4.43. The van der Waals surface area contributed by atoms with Gasteiger partial charge in [-0.15, -0.1) is 0 Å². The van der Waals surface area contributed by atoms with Crippen molar-refractivity contribution in [2.75, 3.05) is 23.8 Å². The predicted octanol–water partition coefficient (Wildman–Crippen LogP) is 2.18. The maximum absolute atomic E-state index is 11.7. The summed E-state index contributed by atoms with van der Waals surface area (Å²) in [7, 11) is 0. The number of fused-ring (bicyclic) bond motifs is 1. The average Bonchev–Trinajstić information content (AvgIpc) is 2.28. The van der Waals surface area contributed by atoms with Crippen LogP contribution in [0.3, 0.4) is 0 Å². The van der Waals surface area contributed by atoms with Crippen LogP contribution in [0.2, 0.25) is 0 Å². The molecule has 0 aromatic heterocycles. The van der Waals surface area contributed by atoms with Crippen LogP contribution in [0.15, 0.2) is 18.2 Å². The summed E-state index contributed by atoms with van der Waals surface area (Å²) in [4.78, 5) is 13.4. The second-order valence-electron chi connectivity index (χ2n) is 3.84. The highest BCUT2D eigenvalue weighted by molar-refractivity contribution is 5.89. The highest BCUT2D eigenvalue weighted by Gasteiger charge is 2.23. The molecular weight excluding hydrogens is 204 g/mol. The number of nitrogens with two attached hydrogens (primary N) is 1. The van der Waals surface area contributed by atoms with Crippen LogP contribution in [0.4, 0.5) is 16.2 Å². The lowest BCUT2D eigenvalue weighted by molar-refractivity contribution is 0.159. The fraction of sp³-hybridized carbons (Fsp3) is 0.417. The summed E-state index contributed by atoms with van der Waals surface area (Å²) in [5, 5.41) is 0. The minimum absolute atomic E-state index is 0.270. The Bertz CT molecular complexity index is 404. The summed E-state index contributed by atoms with van der Waals surface area (Å²) >= 11 is 0. The van der Waals surface area contributed by atoms with E-state index in [0.29, 0.717) is 6.61 Å². The van der Waals surface area contributed by atoms with Gasteiger partial charge in [-0.2, -0.15) is 0 Å². The third kappa shape index (κ3) is 1.96. The molecule has 0 unspecified atom stereocenters. The summed E-state index contributed by atoms with van der Waals surface area (Å²) in [5.74, 6) is 0. The number of benzene rings is 1. The molecule has 1 aliphatic heterocycles. The number of nitrogens with zero attached hydrogens (tertiary/aromatic N) is 1. The number of hydrogen-bond acceptors (Lipinski definition) is 3. The summed E-state index contributed by atoms with van der Waals surface area (Å²) < 4.78 is 5.02. The normalized spacial score (nSPS) is 14.4. The second-order valence-corrected chi connectivity index (χ2v) is 3.84. The number of rotatable bonds is 1. The molecule has 4 heteroatoms. The largest absolute Gasteiger partial charge is 0.449 e. The number of carbonyl (C=O) groups is 1. The minimum Gasteiger partial charge on any atom is -0.449 e. The number of hydrogen-bond donors (Lipinski definition) is 1. The van der Waals surface area contributed by atoms with Gasteiger partial charge >= 0.3 is 6.09 Å². The van der Waals surface area contributed by atoms with Gasteiger partial charge in [0.25, 0.3) is 0 Å². The maximum atomic E-state index is 11.7. The van der Waals surface area contributed by atoms with E-state index < -0.39 is 0 Å². The standard InChI is InChI=1S/C12H16N2O2/c1-2-16-12(15)14-7-3-4-9-8-10(13)5-6-11(9)14/h5-6,8H,2-4,7,13H2,1H3. The molecule has 0 aliphatic carbocycles. The Morgan fingerprint density at radius 1 is 1.56 bits per heavy atom. The third-order valence-corrected chi connectivity index (χ3v) is 2.71. The van der Waals surface area contributed by atoms with Crippen LogP contribution >= 0.6 is 0 Å². The van der Waals surface area contributed by atoms with Gasteiger partial charge in [0, 0.05) is 12.2 Å². The number of ether oxygens (including phenoxy) is 1. The van der Waals surface area contributed by atoms with Crippen LogP contribution in [-0.2, 0) is 11.2 Å². The molecule has 2 rings (SSSR count). The molecule has 16 heavy (non-hydrogen) atoms. The Morgan fingerprint density at radius 3 is 3.12 bits per heavy atom. The van der Waals surface area contributed by atoms with Gasteiger partial charge in [0.1, 0.15) is 0 Å². The Morgan fingerprint density at radius 2 is 2.38 bits per heavy atom. The van der Waals surface area contributed by atoms with Crippen molar-refractivity contribution in [3.05, 3.63) is 23.8 Å². The predicted molar refractivity (Wildman–Crippen MR) is 63.5 cm³/mol. The fourth-order valence-electron chi connectivity index (χ4n) is 2.01. The molecule has 1 heterocycles. The number of carbonyl (C=O) groups excluding carboxylic acids is 1. The third-order valence-electron chi connectivity index (χ3n) is 2.71. The molecule has 1 aromatic carbocycles. The summed E-state index contributed by atoms with van der Waals surface area (Å²) in [5.41, 5.74) is 8.52. The average molecular weight is 220 g/mol. The Hall–Kier alpha value is -1.71. The monoisotopic (exact) mass is 220 g/mol. The highest BCUT2D eigenvalue weighted by Crippen LogP contribution is 2.29. The number of amides is 1. The molecule has 0 radical (unpaired) electrons. The van der Waals surface area contributed by atoms with Crippen molar-refractivity contribution in [1.82, 2.24) is 0 Å². The van der Waals surface area contributed by atoms with Crippen molar-refractivity contribution in [2.45, 2.75) is 19.8 Å². The Balaban J connectivity index is 2.29. The summed E-state index contributed by atoms with van der Waals surface area (Å²) in [6.45, 7) is 2.93. The van der Waals surface area contributed by atoms with Crippen molar-refractivity contribution in [2.24, 2.45) is 0 Å². The Kier molecular flexibility index (Phi) is 2.99. The van der Waals surface area contributed by atoms with E-state index in [9.17, 15) is 4.79 Å². The first-order valence-corrected chi connectivity index (χ1v) is 5.55. The molecule has 0 atom stereocenters. The molecule has 2 N–H and O–H groups in total. The first-order chi connectivity index (χ1) is 7.72. The molecule has 0 bridgehead atoms. The first-order valence-electron chi connectivity index (χ1n) is 5.55. The molecule has 0 spiro atoms. The van der Waals surface area contributed by atoms with Crippen molar-refractivity contribution in [3.8, 4) is 0 Å². The van der Waals surface area contributed by atoms with Gasteiger partial charge in [0.05, 0.1) is 12.3 Å². The lowest BCUT2D eigenvalue weighted by Gasteiger charge is -2.28. The number of anilines is 2. The zero-order valence-corrected chi connectivity index (χ0v) is 9.40. The maximum Gasteiger partial charge on any atom is 0.414 e. The number of aryl methyl sites for hydroxylation is 1. The molecule has 1 aromatic rings. The molecule has 0 fully saturated rings. The van der Waals surface area contributed by atoms with Gasteiger partial charge in [0.2, 0.25) is 0 Å². The van der Waals surface area contributed by atoms with Crippen molar-refractivity contribution >= 4 is 17.5 Å². The van der Waals surface area contributed by atoms with Gasteiger partial charge < -0.3 is 10.5 Å². The van der Waals surface area contributed by atoms with Crippen LogP contribution in [0.5, 0.6) is 0 Å². The summed E-state index contributed by atoms with van der Waals surface area (Å²) in [6.07, 6.45) is 1.65. The molecular formula is C12H16N2O2. The fourth-order valence-corrected chi connectivity index (χ4v) is 2.01. The van der Waals surface area contributed by atoms with Crippen molar-refractivity contribution in [1.29, 1.82) is 0 Å². The van der Waals surface area contributed by atoms with Gasteiger partial charge in [0.15, 0.2) is 0 Å². The molecule has 0 saturated carbocycles. The summed E-state index contributed by atoms with van der Waals surface area (Å²) in [6, 6.07) is 5.64.